The number of hydrogen-bond donors (Lipinski definition) is 0. The quantitative estimate of drug-likeness (QED) is 0.453. The molecule has 1 aromatic carbocycles. The molecule has 0 aliphatic rings. The lowest BCUT2D eigenvalue weighted by Gasteiger charge is -2.45. The molecule has 0 aliphatic heterocycles. The van der Waals surface area contributed by atoms with Crippen LogP contribution in [0, 0.1) is 0 Å². The van der Waals surface area contributed by atoms with Crippen LogP contribution in [0.2, 0.25) is 0 Å². The molecule has 160 valence electrons. The zero-order valence-electron chi connectivity index (χ0n) is 21.8. The molecule has 0 fully saturated rings. The molecule has 0 nitrogen and oxygen atoms in total. The molecule has 0 saturated heterocycles. The van der Waals surface area contributed by atoms with Crippen molar-refractivity contribution in [2.24, 2.45) is 0 Å². The van der Waals surface area contributed by atoms with E-state index >= 15 is 0 Å². The lowest BCUT2D eigenvalue weighted by Crippen LogP contribution is -2.36. The topological polar surface area (TPSA) is 0 Å². The Morgan fingerprint density at radius 3 is 0.714 bits per heavy atom. The Morgan fingerprint density at radius 2 is 0.571 bits per heavy atom. The second-order valence-electron chi connectivity index (χ2n) is 13.7. The summed E-state index contributed by atoms with van der Waals surface area (Å²) in [6.45, 7) is 39.9. The highest BCUT2D eigenvalue weighted by molar-refractivity contribution is 5.70. The lowest BCUT2D eigenvalue weighted by atomic mass is 9.59. The van der Waals surface area contributed by atoms with Crippen molar-refractivity contribution in [2.75, 3.05) is 0 Å². The molecule has 0 bridgehead atoms. The van der Waals surface area contributed by atoms with Crippen LogP contribution < -0.4 is 0 Å². The first-order valence-corrected chi connectivity index (χ1v) is 10.9. The standard InChI is InChI=1S/C28H48/c1-17-18-19(24(2,3)4)21(26(8,9)10)23(28(14,15)16)22(27(11,12)13)20(18)25(5,6)7/h17H,1H2,2-16H3. The first kappa shape index (κ1) is 25.0. The Bertz CT molecular complexity index is 683. The lowest BCUT2D eigenvalue weighted by molar-refractivity contribution is 0.459. The van der Waals surface area contributed by atoms with Gasteiger partial charge in [-0.25, -0.2) is 0 Å². The van der Waals surface area contributed by atoms with Gasteiger partial charge in [-0.3, -0.25) is 0 Å². The molecule has 0 aliphatic carbocycles. The highest BCUT2D eigenvalue weighted by atomic mass is 14.5. The molecule has 0 spiro atoms. The van der Waals surface area contributed by atoms with E-state index in [9.17, 15) is 0 Å². The van der Waals surface area contributed by atoms with Gasteiger partial charge in [-0.2, -0.15) is 0 Å². The Balaban J connectivity index is 4.70. The molecule has 0 heteroatoms. The third kappa shape index (κ3) is 4.74. The Labute approximate surface area is 177 Å². The second-order valence-corrected chi connectivity index (χ2v) is 13.7. The van der Waals surface area contributed by atoms with Gasteiger partial charge >= 0.3 is 0 Å². The average molecular weight is 385 g/mol. The Hall–Kier alpha value is -1.04. The normalized spacial score (nSPS) is 14.4. The smallest absolute Gasteiger partial charge is 0.0123 e. The largest absolute Gasteiger partial charge is 0.0984 e. The van der Waals surface area contributed by atoms with E-state index in [0.717, 1.165) is 0 Å². The highest BCUT2D eigenvalue weighted by Crippen LogP contribution is 2.51. The molecule has 1 aromatic rings. The van der Waals surface area contributed by atoms with Crippen LogP contribution in [0.4, 0.5) is 0 Å². The Morgan fingerprint density at radius 1 is 0.393 bits per heavy atom. The fourth-order valence-corrected chi connectivity index (χ4v) is 4.78. The summed E-state index contributed by atoms with van der Waals surface area (Å²) in [6, 6.07) is 0. The van der Waals surface area contributed by atoms with Crippen LogP contribution in [0.1, 0.15) is 137 Å². The molecule has 0 aromatic heterocycles. The summed E-state index contributed by atoms with van der Waals surface area (Å²) < 4.78 is 0. The summed E-state index contributed by atoms with van der Waals surface area (Å²) in [5, 5.41) is 0. The molecule has 0 radical (unpaired) electrons. The third-order valence-electron chi connectivity index (χ3n) is 5.49. The van der Waals surface area contributed by atoms with E-state index in [2.05, 4.69) is 117 Å². The summed E-state index contributed by atoms with van der Waals surface area (Å²) in [5.74, 6) is 0. The van der Waals surface area contributed by atoms with Gasteiger partial charge in [0.15, 0.2) is 0 Å². The van der Waals surface area contributed by atoms with Gasteiger partial charge in [0.1, 0.15) is 0 Å². The van der Waals surface area contributed by atoms with E-state index in [1.807, 2.05) is 0 Å². The van der Waals surface area contributed by atoms with Gasteiger partial charge in [-0.1, -0.05) is 117 Å². The van der Waals surface area contributed by atoms with E-state index in [1.165, 1.54) is 27.8 Å². The van der Waals surface area contributed by atoms with Gasteiger partial charge < -0.3 is 0 Å². The molecule has 0 atom stereocenters. The average Bonchev–Trinajstić information content (AvgIpc) is 2.38. The van der Waals surface area contributed by atoms with Crippen molar-refractivity contribution in [3.8, 4) is 0 Å². The van der Waals surface area contributed by atoms with E-state index in [0.29, 0.717) is 0 Å². The van der Waals surface area contributed by atoms with Gasteiger partial charge in [0.25, 0.3) is 0 Å². The van der Waals surface area contributed by atoms with Crippen molar-refractivity contribution in [1.29, 1.82) is 0 Å². The van der Waals surface area contributed by atoms with Gasteiger partial charge in [-0.15, -0.1) is 0 Å². The molecule has 0 unspecified atom stereocenters. The number of benzene rings is 1. The van der Waals surface area contributed by atoms with Gasteiger partial charge in [0.2, 0.25) is 0 Å². The molecular formula is C28H48. The summed E-state index contributed by atoms with van der Waals surface area (Å²) >= 11 is 0. The van der Waals surface area contributed by atoms with Crippen LogP contribution in [0.5, 0.6) is 0 Å². The van der Waals surface area contributed by atoms with Gasteiger partial charge in [0, 0.05) is 0 Å². The maximum Gasteiger partial charge on any atom is -0.0123 e. The zero-order chi connectivity index (χ0) is 22.7. The fraction of sp³-hybridized carbons (Fsp3) is 0.714. The van der Waals surface area contributed by atoms with Crippen LogP contribution in [0.25, 0.3) is 6.08 Å². The molecular weight excluding hydrogens is 336 g/mol. The van der Waals surface area contributed by atoms with E-state index < -0.39 is 0 Å². The van der Waals surface area contributed by atoms with Crippen LogP contribution in [-0.2, 0) is 27.1 Å². The first-order chi connectivity index (χ1) is 12.1. The molecule has 28 heavy (non-hydrogen) atoms. The highest BCUT2D eigenvalue weighted by Gasteiger charge is 2.41. The third-order valence-corrected chi connectivity index (χ3v) is 5.49. The first-order valence-electron chi connectivity index (χ1n) is 10.9. The minimum absolute atomic E-state index is 0.0442. The zero-order valence-corrected chi connectivity index (χ0v) is 21.8. The number of rotatable bonds is 1. The summed E-state index contributed by atoms with van der Waals surface area (Å²) in [4.78, 5) is 0. The minimum atomic E-state index is 0.0442. The second kappa shape index (κ2) is 7.03. The molecule has 0 saturated carbocycles. The van der Waals surface area contributed by atoms with Crippen LogP contribution >= 0.6 is 0 Å². The van der Waals surface area contributed by atoms with Crippen LogP contribution in [-0.4, -0.2) is 0 Å². The van der Waals surface area contributed by atoms with Crippen molar-refractivity contribution in [1.82, 2.24) is 0 Å². The Kier molecular flexibility index (Phi) is 6.28. The van der Waals surface area contributed by atoms with Crippen molar-refractivity contribution in [2.45, 2.75) is 131 Å². The van der Waals surface area contributed by atoms with Crippen molar-refractivity contribution in [3.05, 3.63) is 40.0 Å². The molecule has 0 heterocycles. The SMILES string of the molecule is C=Cc1c(C(C)(C)C)c(C(C)(C)C)c(C(C)(C)C)c(C(C)(C)C)c1C(C)(C)C. The molecule has 0 amide bonds. The predicted molar refractivity (Wildman–Crippen MR) is 130 cm³/mol. The molecule has 1 rings (SSSR count). The minimum Gasteiger partial charge on any atom is -0.0984 e. The van der Waals surface area contributed by atoms with E-state index in [1.54, 1.807) is 5.56 Å². The van der Waals surface area contributed by atoms with Gasteiger partial charge in [0.05, 0.1) is 0 Å². The summed E-state index contributed by atoms with van der Waals surface area (Å²) in [6.07, 6.45) is 2.14. The maximum atomic E-state index is 4.32. The van der Waals surface area contributed by atoms with Gasteiger partial charge in [-0.05, 0) is 60.5 Å². The van der Waals surface area contributed by atoms with Crippen LogP contribution in [0.3, 0.4) is 0 Å². The molecule has 0 N–H and O–H groups in total. The number of hydrogen-bond acceptors (Lipinski definition) is 0. The van der Waals surface area contributed by atoms with E-state index in [4.69, 9.17) is 0 Å². The van der Waals surface area contributed by atoms with E-state index in [-0.39, 0.29) is 27.1 Å². The van der Waals surface area contributed by atoms with Crippen molar-refractivity contribution >= 4 is 6.08 Å². The fourth-order valence-electron chi connectivity index (χ4n) is 4.78. The summed E-state index contributed by atoms with van der Waals surface area (Å²) in [7, 11) is 0. The van der Waals surface area contributed by atoms with Crippen LogP contribution in [0.15, 0.2) is 6.58 Å². The maximum absolute atomic E-state index is 4.32. The predicted octanol–water partition coefficient (Wildman–Crippen LogP) is 8.82. The van der Waals surface area contributed by atoms with Crippen molar-refractivity contribution in [3.63, 3.8) is 0 Å². The monoisotopic (exact) mass is 384 g/mol. The van der Waals surface area contributed by atoms with Crippen molar-refractivity contribution < 1.29 is 0 Å². The summed E-state index contributed by atoms with van der Waals surface area (Å²) in [5.41, 5.74) is 9.20.